The van der Waals surface area contributed by atoms with E-state index >= 15 is 0 Å². The molecular formula is C32H33F3N2P2. The zero-order valence-corrected chi connectivity index (χ0v) is 24.4. The fraction of sp³-hybridized carbons (Fsp3) is 0.250. The van der Waals surface area contributed by atoms with Crippen LogP contribution in [0.15, 0.2) is 102 Å². The molecule has 1 heterocycles. The molecule has 0 saturated carbocycles. The van der Waals surface area contributed by atoms with Crippen molar-refractivity contribution in [1.29, 1.82) is 0 Å². The molecule has 0 aliphatic rings. The Kier molecular flexibility index (Phi) is 9.70. The van der Waals surface area contributed by atoms with Crippen LogP contribution in [0.2, 0.25) is 0 Å². The smallest absolute Gasteiger partial charge is 0.254 e. The second-order valence-corrected chi connectivity index (χ2v) is 15.5. The first-order valence-electron chi connectivity index (χ1n) is 13.0. The van der Waals surface area contributed by atoms with Gasteiger partial charge in [-0.1, -0.05) is 108 Å². The third-order valence-corrected chi connectivity index (χ3v) is 12.2. The van der Waals surface area contributed by atoms with E-state index in [1.54, 1.807) is 12.3 Å². The van der Waals surface area contributed by atoms with Crippen molar-refractivity contribution in [3.63, 3.8) is 0 Å². The van der Waals surface area contributed by atoms with Gasteiger partial charge < -0.3 is 0 Å². The average Bonchev–Trinajstić information content (AvgIpc) is 2.92. The summed E-state index contributed by atoms with van der Waals surface area (Å²) in [4.78, 5) is 9.45. The molecule has 0 aliphatic heterocycles. The molecule has 1 aromatic heterocycles. The Labute approximate surface area is 231 Å². The molecule has 0 saturated heterocycles. The maximum Gasteiger partial charge on any atom is 0.416 e. The normalized spacial score (nSPS) is 12.4. The van der Waals surface area contributed by atoms with E-state index in [1.165, 1.54) is 0 Å². The summed E-state index contributed by atoms with van der Waals surface area (Å²) in [6.07, 6.45) is -1.96. The highest BCUT2D eigenvalue weighted by atomic mass is 31.1. The lowest BCUT2D eigenvalue weighted by molar-refractivity contribution is -0.137. The third-order valence-electron chi connectivity index (χ3n) is 6.41. The largest absolute Gasteiger partial charge is 0.416 e. The van der Waals surface area contributed by atoms with Crippen LogP contribution < -0.4 is 15.9 Å². The Morgan fingerprint density at radius 2 is 1.36 bits per heavy atom. The molecule has 0 aliphatic carbocycles. The van der Waals surface area contributed by atoms with Gasteiger partial charge in [0.1, 0.15) is 0 Å². The predicted molar refractivity (Wildman–Crippen MR) is 163 cm³/mol. The zero-order valence-electron chi connectivity index (χ0n) is 22.6. The van der Waals surface area contributed by atoms with E-state index in [0.29, 0.717) is 22.7 Å². The van der Waals surface area contributed by atoms with E-state index in [-0.39, 0.29) is 7.92 Å². The first kappa shape index (κ1) is 29.1. The van der Waals surface area contributed by atoms with Crippen LogP contribution in [-0.4, -0.2) is 22.5 Å². The molecule has 4 rings (SSSR count). The monoisotopic (exact) mass is 564 g/mol. The number of benzene rings is 3. The van der Waals surface area contributed by atoms with E-state index in [0.717, 1.165) is 39.9 Å². The Morgan fingerprint density at radius 1 is 0.769 bits per heavy atom. The van der Waals surface area contributed by atoms with Gasteiger partial charge in [0.05, 0.1) is 23.2 Å². The number of rotatable bonds is 9. The number of alkyl halides is 3. The minimum absolute atomic E-state index is 0.233. The van der Waals surface area contributed by atoms with Crippen molar-refractivity contribution in [2.45, 2.75) is 51.4 Å². The van der Waals surface area contributed by atoms with Gasteiger partial charge in [0, 0.05) is 17.2 Å². The molecule has 0 radical (unpaired) electrons. The molecule has 0 spiro atoms. The fourth-order valence-corrected chi connectivity index (χ4v) is 9.36. The molecule has 202 valence electrons. The van der Waals surface area contributed by atoms with Crippen LogP contribution in [0.25, 0.3) is 0 Å². The highest BCUT2D eigenvalue weighted by Crippen LogP contribution is 2.48. The number of hydrogen-bond acceptors (Lipinski definition) is 2. The third kappa shape index (κ3) is 7.62. The molecule has 0 atom stereocenters. The molecule has 0 fully saturated rings. The number of hydrogen-bond donors (Lipinski definition) is 0. The molecule has 2 nitrogen and oxygen atoms in total. The van der Waals surface area contributed by atoms with Crippen LogP contribution in [0.4, 0.5) is 18.9 Å². The quantitative estimate of drug-likeness (QED) is 0.148. The Hall–Kier alpha value is -2.87. The maximum absolute atomic E-state index is 13.8. The van der Waals surface area contributed by atoms with Gasteiger partial charge in [-0.25, -0.2) is 0 Å². The van der Waals surface area contributed by atoms with Crippen LogP contribution in [-0.2, 0) is 12.3 Å². The van der Waals surface area contributed by atoms with Crippen molar-refractivity contribution >= 4 is 43.7 Å². The van der Waals surface area contributed by atoms with Crippen LogP contribution in [0.5, 0.6) is 0 Å². The average molecular weight is 565 g/mol. The SMILES string of the molecule is CC(C)P(Cc1cccc(C=Nc2cc(C(F)(F)F)ccc2P(c2ccccc2)c2ccccc2)n1)C(C)C. The molecule has 4 aromatic rings. The minimum atomic E-state index is -4.46. The molecule has 39 heavy (non-hydrogen) atoms. The summed E-state index contributed by atoms with van der Waals surface area (Å²) >= 11 is 0. The van der Waals surface area contributed by atoms with Crippen LogP contribution in [0.3, 0.4) is 0 Å². The summed E-state index contributed by atoms with van der Waals surface area (Å²) in [6, 6.07) is 29.5. The van der Waals surface area contributed by atoms with Gasteiger partial charge in [-0.05, 0) is 54.1 Å². The Morgan fingerprint density at radius 3 is 1.90 bits per heavy atom. The van der Waals surface area contributed by atoms with Gasteiger partial charge in [-0.3, -0.25) is 9.98 Å². The Bertz CT molecular complexity index is 1340. The molecule has 0 unspecified atom stereocenters. The van der Waals surface area contributed by atoms with Crippen molar-refractivity contribution in [2.24, 2.45) is 4.99 Å². The number of aliphatic imine (C=N–C) groups is 1. The van der Waals surface area contributed by atoms with E-state index in [2.05, 4.69) is 32.7 Å². The highest BCUT2D eigenvalue weighted by molar-refractivity contribution is 7.80. The first-order valence-corrected chi connectivity index (χ1v) is 16.0. The van der Waals surface area contributed by atoms with E-state index < -0.39 is 19.7 Å². The lowest BCUT2D eigenvalue weighted by Crippen LogP contribution is -2.21. The summed E-state index contributed by atoms with van der Waals surface area (Å²) in [6.45, 7) is 9.02. The zero-order chi connectivity index (χ0) is 28.0. The lowest BCUT2D eigenvalue weighted by Gasteiger charge is -2.25. The van der Waals surface area contributed by atoms with Gasteiger partial charge >= 0.3 is 6.18 Å². The van der Waals surface area contributed by atoms with Crippen LogP contribution in [0, 0.1) is 0 Å². The number of nitrogens with zero attached hydrogens (tertiary/aromatic N) is 2. The van der Waals surface area contributed by atoms with Crippen molar-refractivity contribution in [2.75, 3.05) is 0 Å². The van der Waals surface area contributed by atoms with Crippen LogP contribution in [0.1, 0.15) is 44.6 Å². The highest BCUT2D eigenvalue weighted by Gasteiger charge is 2.32. The van der Waals surface area contributed by atoms with E-state index in [1.807, 2.05) is 78.9 Å². The summed E-state index contributed by atoms with van der Waals surface area (Å²) < 4.78 is 41.3. The van der Waals surface area contributed by atoms with Gasteiger partial charge in [0.2, 0.25) is 0 Å². The summed E-state index contributed by atoms with van der Waals surface area (Å²) in [5, 5.41) is 2.86. The first-order chi connectivity index (χ1) is 18.6. The van der Waals surface area contributed by atoms with Crippen LogP contribution >= 0.6 is 15.8 Å². The van der Waals surface area contributed by atoms with Gasteiger partial charge in [0.25, 0.3) is 0 Å². The van der Waals surface area contributed by atoms with E-state index in [9.17, 15) is 13.2 Å². The van der Waals surface area contributed by atoms with Gasteiger partial charge in [-0.15, -0.1) is 0 Å². The molecule has 0 bridgehead atoms. The van der Waals surface area contributed by atoms with Gasteiger partial charge in [0.15, 0.2) is 0 Å². The maximum atomic E-state index is 13.8. The second-order valence-electron chi connectivity index (χ2n) is 9.88. The molecule has 7 heteroatoms. The minimum Gasteiger partial charge on any atom is -0.254 e. The topological polar surface area (TPSA) is 25.2 Å². The number of pyridine rings is 1. The molecule has 3 aromatic carbocycles. The Balaban J connectivity index is 1.78. The van der Waals surface area contributed by atoms with E-state index in [4.69, 9.17) is 4.98 Å². The predicted octanol–water partition coefficient (Wildman–Crippen LogP) is 8.41. The molecule has 0 N–H and O–H groups in total. The summed E-state index contributed by atoms with van der Waals surface area (Å²) in [5.41, 5.74) is 2.40. The van der Waals surface area contributed by atoms with Crippen molar-refractivity contribution in [1.82, 2.24) is 4.98 Å². The number of halogens is 3. The fourth-order valence-electron chi connectivity index (χ4n) is 4.52. The molecule has 0 amide bonds. The lowest BCUT2D eigenvalue weighted by atomic mass is 10.2. The molecular weight excluding hydrogens is 531 g/mol. The number of aromatic nitrogens is 1. The second kappa shape index (κ2) is 13.0. The standard InChI is InChI=1S/C32H33F3N2P2/c1-23(2)38(24(3)4)22-27-13-11-12-26(37-27)21-36-30-20-25(32(33,34)35)18-19-31(30)39(28-14-7-5-8-15-28)29-16-9-6-10-17-29/h5-21,23-24H,22H2,1-4H3. The van der Waals surface area contributed by atoms with Crippen molar-refractivity contribution in [3.05, 3.63) is 114 Å². The van der Waals surface area contributed by atoms with Gasteiger partial charge in [-0.2, -0.15) is 13.2 Å². The van der Waals surface area contributed by atoms with Crippen molar-refractivity contribution in [3.8, 4) is 0 Å². The van der Waals surface area contributed by atoms with Crippen molar-refractivity contribution < 1.29 is 13.2 Å². The summed E-state index contributed by atoms with van der Waals surface area (Å²) in [7, 11) is -1.36. The summed E-state index contributed by atoms with van der Waals surface area (Å²) in [5.74, 6) is 0.